The van der Waals surface area contributed by atoms with Crippen molar-refractivity contribution < 1.29 is 19.4 Å². The van der Waals surface area contributed by atoms with E-state index in [-0.39, 0.29) is 23.1 Å². The standard InChI is InChI=1S/C23H36O4/c1-4-6-7-8-9-10-11-12-17-21(18(3)5-2)27-23(26)20-16-14-13-15-19(20)22(24)25/h13-16,18,21H,4-12,17H2,1-3H3,(H,24,25). The van der Waals surface area contributed by atoms with Gasteiger partial charge in [0.25, 0.3) is 0 Å². The number of carboxylic acid groups (broad SMARTS) is 1. The van der Waals surface area contributed by atoms with Gasteiger partial charge in [-0.25, -0.2) is 9.59 Å². The van der Waals surface area contributed by atoms with Crippen LogP contribution < -0.4 is 0 Å². The van der Waals surface area contributed by atoms with E-state index in [1.54, 1.807) is 12.1 Å². The van der Waals surface area contributed by atoms with Crippen LogP contribution in [0.4, 0.5) is 0 Å². The molecule has 1 N–H and O–H groups in total. The molecule has 0 bridgehead atoms. The second kappa shape index (κ2) is 13.3. The van der Waals surface area contributed by atoms with E-state index in [0.29, 0.717) is 0 Å². The van der Waals surface area contributed by atoms with E-state index in [4.69, 9.17) is 4.74 Å². The van der Waals surface area contributed by atoms with Crippen LogP contribution in [0, 0.1) is 5.92 Å². The number of unbranched alkanes of at least 4 members (excludes halogenated alkanes) is 7. The molecule has 0 amide bonds. The number of ether oxygens (including phenoxy) is 1. The molecule has 0 aliphatic heterocycles. The highest BCUT2D eigenvalue weighted by atomic mass is 16.5. The monoisotopic (exact) mass is 376 g/mol. The van der Waals surface area contributed by atoms with Gasteiger partial charge < -0.3 is 9.84 Å². The van der Waals surface area contributed by atoms with Gasteiger partial charge >= 0.3 is 11.9 Å². The van der Waals surface area contributed by atoms with E-state index in [1.807, 2.05) is 0 Å². The molecule has 2 atom stereocenters. The van der Waals surface area contributed by atoms with Crippen LogP contribution in [0.2, 0.25) is 0 Å². The van der Waals surface area contributed by atoms with Crippen molar-refractivity contribution in [3.63, 3.8) is 0 Å². The zero-order valence-corrected chi connectivity index (χ0v) is 17.2. The Balaban J connectivity index is 2.53. The van der Waals surface area contributed by atoms with Crippen LogP contribution in [0.15, 0.2) is 24.3 Å². The number of hydrogen-bond acceptors (Lipinski definition) is 3. The van der Waals surface area contributed by atoms with Crippen molar-refractivity contribution in [3.05, 3.63) is 35.4 Å². The van der Waals surface area contributed by atoms with Gasteiger partial charge in [0.05, 0.1) is 11.1 Å². The Morgan fingerprint density at radius 1 is 0.926 bits per heavy atom. The largest absolute Gasteiger partial charge is 0.478 e. The Labute approximate surface area is 164 Å². The number of rotatable bonds is 14. The van der Waals surface area contributed by atoms with E-state index < -0.39 is 11.9 Å². The molecule has 0 saturated carbocycles. The normalized spacial score (nSPS) is 13.1. The van der Waals surface area contributed by atoms with E-state index in [2.05, 4.69) is 20.8 Å². The second-order valence-electron chi connectivity index (χ2n) is 7.44. The molecule has 0 aromatic heterocycles. The molecule has 0 heterocycles. The van der Waals surface area contributed by atoms with Gasteiger partial charge in [0, 0.05) is 0 Å². The molecular formula is C23H36O4. The maximum Gasteiger partial charge on any atom is 0.339 e. The molecule has 1 rings (SSSR count). The predicted octanol–water partition coefficient (Wildman–Crippen LogP) is 6.49. The van der Waals surface area contributed by atoms with Crippen LogP contribution in [0.5, 0.6) is 0 Å². The third-order valence-electron chi connectivity index (χ3n) is 5.26. The maximum absolute atomic E-state index is 12.6. The first-order chi connectivity index (χ1) is 13.0. The summed E-state index contributed by atoms with van der Waals surface area (Å²) in [6.07, 6.45) is 11.5. The first kappa shape index (κ1) is 23.2. The van der Waals surface area contributed by atoms with Gasteiger partial charge in [-0.05, 0) is 30.9 Å². The molecule has 2 unspecified atom stereocenters. The van der Waals surface area contributed by atoms with Gasteiger partial charge in [0.2, 0.25) is 0 Å². The van der Waals surface area contributed by atoms with Gasteiger partial charge in [-0.2, -0.15) is 0 Å². The topological polar surface area (TPSA) is 63.6 Å². The molecule has 0 aliphatic carbocycles. The van der Waals surface area contributed by atoms with Crippen molar-refractivity contribution in [1.82, 2.24) is 0 Å². The zero-order valence-electron chi connectivity index (χ0n) is 17.2. The molecule has 1 aromatic rings. The molecule has 0 fully saturated rings. The van der Waals surface area contributed by atoms with E-state index in [1.165, 1.54) is 50.7 Å². The lowest BCUT2D eigenvalue weighted by Crippen LogP contribution is -2.26. The summed E-state index contributed by atoms with van der Waals surface area (Å²) >= 11 is 0. The quantitative estimate of drug-likeness (QED) is 0.298. The summed E-state index contributed by atoms with van der Waals surface area (Å²) in [6.45, 7) is 6.40. The maximum atomic E-state index is 12.6. The van der Waals surface area contributed by atoms with Crippen LogP contribution in [0.3, 0.4) is 0 Å². The molecule has 152 valence electrons. The van der Waals surface area contributed by atoms with Crippen LogP contribution in [0.1, 0.15) is 106 Å². The van der Waals surface area contributed by atoms with Gasteiger partial charge in [0.1, 0.15) is 6.10 Å². The van der Waals surface area contributed by atoms with Gasteiger partial charge in [-0.15, -0.1) is 0 Å². The van der Waals surface area contributed by atoms with Crippen LogP contribution in [0.25, 0.3) is 0 Å². The fraction of sp³-hybridized carbons (Fsp3) is 0.652. The van der Waals surface area contributed by atoms with E-state index in [0.717, 1.165) is 25.7 Å². The number of aromatic carboxylic acids is 1. The smallest absolute Gasteiger partial charge is 0.339 e. The zero-order chi connectivity index (χ0) is 20.1. The Bertz CT molecular complexity index is 567. The van der Waals surface area contributed by atoms with Crippen LogP contribution in [-0.2, 0) is 4.74 Å². The highest BCUT2D eigenvalue weighted by molar-refractivity contribution is 6.02. The number of carbonyl (C=O) groups excluding carboxylic acids is 1. The molecule has 1 aromatic carbocycles. The van der Waals surface area contributed by atoms with Crippen LogP contribution >= 0.6 is 0 Å². The lowest BCUT2D eigenvalue weighted by Gasteiger charge is -2.23. The summed E-state index contributed by atoms with van der Waals surface area (Å²) in [6, 6.07) is 6.25. The highest BCUT2D eigenvalue weighted by Gasteiger charge is 2.23. The third-order valence-corrected chi connectivity index (χ3v) is 5.26. The predicted molar refractivity (Wildman–Crippen MR) is 109 cm³/mol. The Morgan fingerprint density at radius 3 is 2.04 bits per heavy atom. The first-order valence-electron chi connectivity index (χ1n) is 10.5. The minimum atomic E-state index is -1.11. The number of carbonyl (C=O) groups is 2. The number of benzene rings is 1. The summed E-state index contributed by atoms with van der Waals surface area (Å²) in [4.78, 5) is 23.9. The van der Waals surface area contributed by atoms with E-state index in [9.17, 15) is 14.7 Å². The van der Waals surface area contributed by atoms with Gasteiger partial charge in [-0.1, -0.05) is 84.3 Å². The fourth-order valence-corrected chi connectivity index (χ4v) is 3.25. The molecule has 0 radical (unpaired) electrons. The molecule has 4 heteroatoms. The third kappa shape index (κ3) is 8.59. The van der Waals surface area contributed by atoms with Crippen molar-refractivity contribution in [3.8, 4) is 0 Å². The summed E-state index contributed by atoms with van der Waals surface area (Å²) in [5.41, 5.74) is 0.131. The summed E-state index contributed by atoms with van der Waals surface area (Å²) in [5, 5.41) is 9.27. The highest BCUT2D eigenvalue weighted by Crippen LogP contribution is 2.21. The number of esters is 1. The van der Waals surface area contributed by atoms with Crippen LogP contribution in [-0.4, -0.2) is 23.1 Å². The van der Waals surface area contributed by atoms with E-state index >= 15 is 0 Å². The van der Waals surface area contributed by atoms with Crippen molar-refractivity contribution in [2.75, 3.05) is 0 Å². The van der Waals surface area contributed by atoms with Crippen molar-refractivity contribution in [2.45, 2.75) is 91.1 Å². The molecular weight excluding hydrogens is 340 g/mol. The Morgan fingerprint density at radius 2 is 1.48 bits per heavy atom. The molecule has 4 nitrogen and oxygen atoms in total. The number of hydrogen-bond donors (Lipinski definition) is 1. The Kier molecular flexibility index (Phi) is 11.5. The lowest BCUT2D eigenvalue weighted by molar-refractivity contribution is 0.0119. The fourth-order valence-electron chi connectivity index (χ4n) is 3.25. The summed E-state index contributed by atoms with van der Waals surface area (Å²) in [5.74, 6) is -1.38. The van der Waals surface area contributed by atoms with Gasteiger partial charge in [-0.3, -0.25) is 0 Å². The summed E-state index contributed by atoms with van der Waals surface area (Å²) in [7, 11) is 0. The molecule has 0 spiro atoms. The molecule has 0 aliphatic rings. The van der Waals surface area contributed by atoms with Gasteiger partial charge in [0.15, 0.2) is 0 Å². The minimum Gasteiger partial charge on any atom is -0.478 e. The summed E-state index contributed by atoms with van der Waals surface area (Å²) < 4.78 is 5.74. The number of carboxylic acids is 1. The van der Waals surface area contributed by atoms with Crippen molar-refractivity contribution >= 4 is 11.9 Å². The molecule has 0 saturated heterocycles. The van der Waals surface area contributed by atoms with Crippen molar-refractivity contribution in [2.24, 2.45) is 5.92 Å². The first-order valence-corrected chi connectivity index (χ1v) is 10.5. The SMILES string of the molecule is CCCCCCCCCCC(OC(=O)c1ccccc1C(=O)O)C(C)CC. The van der Waals surface area contributed by atoms with Crippen molar-refractivity contribution in [1.29, 1.82) is 0 Å². The second-order valence-corrected chi connectivity index (χ2v) is 7.44. The Hall–Kier alpha value is -1.84. The average Bonchev–Trinajstić information content (AvgIpc) is 2.68. The average molecular weight is 377 g/mol. The molecule has 27 heavy (non-hydrogen) atoms. The minimum absolute atomic E-state index is 0.00233. The lowest BCUT2D eigenvalue weighted by atomic mass is 9.96.